The molecular formula is C15H14ClFO2. The first kappa shape index (κ1) is 13.8. The van der Waals surface area contributed by atoms with Crippen LogP contribution in [-0.4, -0.2) is 12.2 Å². The number of halogens is 2. The third-order valence-corrected chi connectivity index (χ3v) is 3.17. The number of aryl methyl sites for hydroxylation is 1. The zero-order chi connectivity index (χ0) is 14.0. The van der Waals surface area contributed by atoms with Gasteiger partial charge in [0.1, 0.15) is 17.7 Å². The van der Waals surface area contributed by atoms with Crippen LogP contribution in [0.4, 0.5) is 4.39 Å². The monoisotopic (exact) mass is 280 g/mol. The van der Waals surface area contributed by atoms with Crippen LogP contribution in [0, 0.1) is 12.7 Å². The van der Waals surface area contributed by atoms with Crippen molar-refractivity contribution in [3.05, 3.63) is 63.9 Å². The number of ether oxygens (including phenoxy) is 1. The van der Waals surface area contributed by atoms with Gasteiger partial charge in [0, 0.05) is 16.1 Å². The minimum absolute atomic E-state index is 0.223. The molecule has 1 N–H and O–H groups in total. The normalized spacial score (nSPS) is 12.3. The van der Waals surface area contributed by atoms with E-state index in [1.165, 1.54) is 13.2 Å². The van der Waals surface area contributed by atoms with Gasteiger partial charge in [-0.15, -0.1) is 0 Å². The summed E-state index contributed by atoms with van der Waals surface area (Å²) < 4.78 is 19.0. The molecule has 0 amide bonds. The fourth-order valence-electron chi connectivity index (χ4n) is 1.95. The minimum atomic E-state index is -1.09. The van der Waals surface area contributed by atoms with Crippen LogP contribution in [0.25, 0.3) is 0 Å². The van der Waals surface area contributed by atoms with Crippen LogP contribution in [-0.2, 0) is 0 Å². The molecule has 0 aliphatic rings. The van der Waals surface area contributed by atoms with E-state index in [0.717, 1.165) is 5.56 Å². The van der Waals surface area contributed by atoms with Crippen molar-refractivity contribution < 1.29 is 14.2 Å². The molecule has 0 aliphatic carbocycles. The highest BCUT2D eigenvalue weighted by atomic mass is 35.5. The number of hydrogen-bond donors (Lipinski definition) is 1. The Labute approximate surface area is 116 Å². The van der Waals surface area contributed by atoms with E-state index in [1.54, 1.807) is 30.3 Å². The molecule has 0 aromatic heterocycles. The van der Waals surface area contributed by atoms with Crippen LogP contribution in [0.15, 0.2) is 36.4 Å². The second kappa shape index (κ2) is 5.59. The van der Waals surface area contributed by atoms with E-state index in [1.807, 2.05) is 6.92 Å². The van der Waals surface area contributed by atoms with Gasteiger partial charge >= 0.3 is 0 Å². The molecule has 0 bridgehead atoms. The molecule has 0 radical (unpaired) electrons. The molecule has 0 saturated heterocycles. The van der Waals surface area contributed by atoms with Crippen LogP contribution in [0.5, 0.6) is 5.75 Å². The Morgan fingerprint density at radius 2 is 1.89 bits per heavy atom. The predicted octanol–water partition coefficient (Wildman–Crippen LogP) is 3.88. The summed E-state index contributed by atoms with van der Waals surface area (Å²) in [6.45, 7) is 1.84. The quantitative estimate of drug-likeness (QED) is 0.924. The molecule has 19 heavy (non-hydrogen) atoms. The van der Waals surface area contributed by atoms with Crippen LogP contribution in [0.2, 0.25) is 5.02 Å². The Hall–Kier alpha value is -1.58. The molecule has 0 fully saturated rings. The van der Waals surface area contributed by atoms with Crippen molar-refractivity contribution in [3.8, 4) is 5.75 Å². The Morgan fingerprint density at radius 1 is 1.16 bits per heavy atom. The van der Waals surface area contributed by atoms with Crippen LogP contribution < -0.4 is 4.74 Å². The van der Waals surface area contributed by atoms with Gasteiger partial charge in [-0.25, -0.2) is 4.39 Å². The lowest BCUT2D eigenvalue weighted by atomic mass is 9.98. The summed E-state index contributed by atoms with van der Waals surface area (Å²) in [6, 6.07) is 9.48. The lowest BCUT2D eigenvalue weighted by molar-refractivity contribution is 0.209. The van der Waals surface area contributed by atoms with Crippen molar-refractivity contribution in [3.63, 3.8) is 0 Å². The fourth-order valence-corrected chi connectivity index (χ4v) is 2.11. The molecule has 0 heterocycles. The van der Waals surface area contributed by atoms with Gasteiger partial charge < -0.3 is 9.84 Å². The SMILES string of the molecule is COc1cc(Cl)ccc1C(O)c1cc(C)ccc1F. The molecule has 2 nitrogen and oxygen atoms in total. The Balaban J connectivity index is 2.49. The Kier molecular flexibility index (Phi) is 4.08. The molecule has 2 rings (SSSR count). The van der Waals surface area contributed by atoms with E-state index in [4.69, 9.17) is 16.3 Å². The highest BCUT2D eigenvalue weighted by Crippen LogP contribution is 2.33. The fraction of sp³-hybridized carbons (Fsp3) is 0.200. The largest absolute Gasteiger partial charge is 0.496 e. The zero-order valence-corrected chi connectivity index (χ0v) is 11.4. The van der Waals surface area contributed by atoms with Crippen molar-refractivity contribution >= 4 is 11.6 Å². The van der Waals surface area contributed by atoms with Gasteiger partial charge in [0.25, 0.3) is 0 Å². The zero-order valence-electron chi connectivity index (χ0n) is 10.7. The first-order valence-corrected chi connectivity index (χ1v) is 6.18. The standard InChI is InChI=1S/C15H14ClFO2/c1-9-3-6-13(17)12(7-9)15(18)11-5-4-10(16)8-14(11)19-2/h3-8,15,18H,1-2H3. The molecular weight excluding hydrogens is 267 g/mol. The van der Waals surface area contributed by atoms with Crippen LogP contribution >= 0.6 is 11.6 Å². The average Bonchev–Trinajstić information content (AvgIpc) is 2.40. The number of aliphatic hydroxyl groups excluding tert-OH is 1. The maximum Gasteiger partial charge on any atom is 0.129 e. The maximum atomic E-state index is 13.8. The van der Waals surface area contributed by atoms with Crippen molar-refractivity contribution in [2.24, 2.45) is 0 Å². The van der Waals surface area contributed by atoms with Gasteiger partial charge in [-0.3, -0.25) is 0 Å². The number of rotatable bonds is 3. The average molecular weight is 281 g/mol. The number of methoxy groups -OCH3 is 1. The van der Waals surface area contributed by atoms with Crippen molar-refractivity contribution in [2.45, 2.75) is 13.0 Å². The minimum Gasteiger partial charge on any atom is -0.496 e. The van der Waals surface area contributed by atoms with Gasteiger partial charge in [0.2, 0.25) is 0 Å². The second-order valence-corrected chi connectivity index (χ2v) is 4.75. The first-order valence-electron chi connectivity index (χ1n) is 5.80. The number of hydrogen-bond acceptors (Lipinski definition) is 2. The Bertz CT molecular complexity index is 599. The lowest BCUT2D eigenvalue weighted by Gasteiger charge is -2.16. The van der Waals surface area contributed by atoms with Gasteiger partial charge in [-0.1, -0.05) is 35.4 Å². The van der Waals surface area contributed by atoms with E-state index in [-0.39, 0.29) is 5.56 Å². The summed E-state index contributed by atoms with van der Waals surface area (Å²) >= 11 is 5.87. The summed E-state index contributed by atoms with van der Waals surface area (Å²) in [4.78, 5) is 0. The second-order valence-electron chi connectivity index (χ2n) is 4.31. The lowest BCUT2D eigenvalue weighted by Crippen LogP contribution is -2.05. The van der Waals surface area contributed by atoms with Crippen LogP contribution in [0.3, 0.4) is 0 Å². The molecule has 2 aromatic carbocycles. The van der Waals surface area contributed by atoms with Gasteiger partial charge in [-0.05, 0) is 25.1 Å². The summed E-state index contributed by atoms with van der Waals surface area (Å²) in [6.07, 6.45) is -1.09. The highest BCUT2D eigenvalue weighted by Gasteiger charge is 2.19. The van der Waals surface area contributed by atoms with Gasteiger partial charge in [0.05, 0.1) is 7.11 Å². The number of benzene rings is 2. The predicted molar refractivity (Wildman–Crippen MR) is 73.2 cm³/mol. The topological polar surface area (TPSA) is 29.5 Å². The molecule has 0 saturated carbocycles. The van der Waals surface area contributed by atoms with Gasteiger partial charge in [-0.2, -0.15) is 0 Å². The summed E-state index contributed by atoms with van der Waals surface area (Å²) in [7, 11) is 1.48. The Morgan fingerprint density at radius 3 is 2.58 bits per heavy atom. The molecule has 1 unspecified atom stereocenters. The number of aliphatic hydroxyl groups is 1. The van der Waals surface area contributed by atoms with Gasteiger partial charge in [0.15, 0.2) is 0 Å². The molecule has 4 heteroatoms. The van der Waals surface area contributed by atoms with E-state index in [9.17, 15) is 9.50 Å². The molecule has 2 aromatic rings. The molecule has 0 aliphatic heterocycles. The summed E-state index contributed by atoms with van der Waals surface area (Å²) in [5, 5.41) is 10.8. The smallest absolute Gasteiger partial charge is 0.129 e. The third-order valence-electron chi connectivity index (χ3n) is 2.94. The molecule has 1 atom stereocenters. The molecule has 0 spiro atoms. The van der Waals surface area contributed by atoms with E-state index >= 15 is 0 Å². The van der Waals surface area contributed by atoms with Crippen molar-refractivity contribution in [1.82, 2.24) is 0 Å². The summed E-state index contributed by atoms with van der Waals surface area (Å²) in [5.74, 6) is -0.0176. The van der Waals surface area contributed by atoms with Crippen molar-refractivity contribution in [1.29, 1.82) is 0 Å². The first-order chi connectivity index (χ1) is 9.02. The van der Waals surface area contributed by atoms with E-state index in [2.05, 4.69) is 0 Å². The van der Waals surface area contributed by atoms with E-state index in [0.29, 0.717) is 16.3 Å². The maximum absolute atomic E-state index is 13.8. The van der Waals surface area contributed by atoms with E-state index < -0.39 is 11.9 Å². The third kappa shape index (κ3) is 2.88. The van der Waals surface area contributed by atoms with Crippen molar-refractivity contribution in [2.75, 3.05) is 7.11 Å². The molecule has 100 valence electrons. The highest BCUT2D eigenvalue weighted by molar-refractivity contribution is 6.30. The van der Waals surface area contributed by atoms with Crippen LogP contribution in [0.1, 0.15) is 22.8 Å². The summed E-state index contributed by atoms with van der Waals surface area (Å²) in [5.41, 5.74) is 1.58.